The van der Waals surface area contributed by atoms with E-state index in [0.29, 0.717) is 39.3 Å². The fraction of sp³-hybridized carbons (Fsp3) is 0.581. The van der Waals surface area contributed by atoms with Crippen LogP contribution in [-0.2, 0) is 24.5 Å². The van der Waals surface area contributed by atoms with Crippen molar-refractivity contribution in [1.82, 2.24) is 19.9 Å². The van der Waals surface area contributed by atoms with E-state index in [4.69, 9.17) is 34.7 Å². The Morgan fingerprint density at radius 1 is 1.00 bits per heavy atom. The van der Waals surface area contributed by atoms with Crippen molar-refractivity contribution in [3.8, 4) is 0 Å². The Kier molecular flexibility index (Phi) is 9.91. The third kappa shape index (κ3) is 7.11. The highest BCUT2D eigenvalue weighted by molar-refractivity contribution is 7.12. The Morgan fingerprint density at radius 3 is 2.28 bits per heavy atom. The standard InChI is InChI=1S/C31H40N6O7S3/c1-9-41-25(38)19-14-45-23(35-19)17-11-12-31(32,27-36-20(15-47-27)26(39)42-10-2)22(33-17)18-13-46-24(34-18)21-16(3)43-30(7,8)37(21)28(40)44-29(4,5)6/h13-16,21-22H,9-12,32H2,1-8H3/t16-,21+,22+,31-/m1/s1. The van der Waals surface area contributed by atoms with Crippen LogP contribution in [0.2, 0.25) is 0 Å². The maximum Gasteiger partial charge on any atom is 0.413 e. The number of nitrogens with two attached hydrogens (primary N) is 1. The molecule has 47 heavy (non-hydrogen) atoms. The Labute approximate surface area is 285 Å². The Balaban J connectivity index is 1.56. The van der Waals surface area contributed by atoms with Crippen molar-refractivity contribution in [3.63, 3.8) is 0 Å². The summed E-state index contributed by atoms with van der Waals surface area (Å²) in [5.74, 6) is -1.03. The van der Waals surface area contributed by atoms with Crippen molar-refractivity contribution in [2.45, 2.75) is 103 Å². The zero-order valence-electron chi connectivity index (χ0n) is 27.7. The molecule has 4 atom stereocenters. The van der Waals surface area contributed by atoms with E-state index >= 15 is 0 Å². The molecule has 5 rings (SSSR count). The molecule has 0 aliphatic carbocycles. The molecule has 0 spiro atoms. The van der Waals surface area contributed by atoms with Gasteiger partial charge in [0.05, 0.1) is 36.3 Å². The van der Waals surface area contributed by atoms with Crippen LogP contribution in [0.25, 0.3) is 0 Å². The molecule has 0 unspecified atom stereocenters. The van der Waals surface area contributed by atoms with Crippen molar-refractivity contribution in [3.05, 3.63) is 48.2 Å². The van der Waals surface area contributed by atoms with Crippen LogP contribution in [0.5, 0.6) is 0 Å². The molecule has 1 saturated heterocycles. The summed E-state index contributed by atoms with van der Waals surface area (Å²) in [5, 5.41) is 6.90. The lowest BCUT2D eigenvalue weighted by molar-refractivity contribution is -0.0757. The molecule has 2 aliphatic heterocycles. The summed E-state index contributed by atoms with van der Waals surface area (Å²) in [5.41, 5.74) is 6.05. The molecular formula is C31H40N6O7S3. The largest absolute Gasteiger partial charge is 0.461 e. The number of carbonyl (C=O) groups excluding carboxylic acids is 3. The van der Waals surface area contributed by atoms with Crippen molar-refractivity contribution in [2.75, 3.05) is 13.2 Å². The minimum atomic E-state index is -1.13. The highest BCUT2D eigenvalue weighted by Gasteiger charge is 2.52. The van der Waals surface area contributed by atoms with Crippen LogP contribution in [-0.4, -0.2) is 74.2 Å². The van der Waals surface area contributed by atoms with Crippen LogP contribution in [0.4, 0.5) is 4.79 Å². The van der Waals surface area contributed by atoms with E-state index in [0.717, 1.165) is 0 Å². The molecule has 13 nitrogen and oxygen atoms in total. The van der Waals surface area contributed by atoms with E-state index in [1.165, 1.54) is 34.0 Å². The molecule has 3 aromatic rings. The SMILES string of the molecule is CCOC(=O)c1csc(C2=N[C@@H](c3csc([C@@H]4[C@@H](C)OC(C)(C)N4C(=O)OC(C)(C)C)n3)[C@@](N)(c3nc(C(=O)OCC)cs3)CC2)n1. The molecular weight excluding hydrogens is 665 g/mol. The summed E-state index contributed by atoms with van der Waals surface area (Å²) in [6, 6.07) is -1.26. The number of nitrogens with zero attached hydrogens (tertiary/aromatic N) is 5. The summed E-state index contributed by atoms with van der Waals surface area (Å²) in [6.07, 6.45) is -0.0298. The third-order valence-corrected chi connectivity index (χ3v) is 10.5. The Hall–Kier alpha value is -3.31. The van der Waals surface area contributed by atoms with Crippen molar-refractivity contribution >= 4 is 57.8 Å². The minimum absolute atomic E-state index is 0.176. The number of thiazole rings is 3. The number of aliphatic imine (C=N–C) groups is 1. The van der Waals surface area contributed by atoms with Gasteiger partial charge in [-0.3, -0.25) is 9.89 Å². The highest BCUT2D eigenvalue weighted by Crippen LogP contribution is 2.48. The van der Waals surface area contributed by atoms with Crippen molar-refractivity contribution in [1.29, 1.82) is 0 Å². The molecule has 5 heterocycles. The molecule has 254 valence electrons. The average molecular weight is 705 g/mol. The molecule has 1 amide bonds. The number of carbonyl (C=O) groups is 3. The smallest absolute Gasteiger partial charge is 0.413 e. The zero-order valence-corrected chi connectivity index (χ0v) is 30.1. The van der Waals surface area contributed by atoms with E-state index in [1.807, 2.05) is 46.9 Å². The molecule has 0 saturated carbocycles. The number of rotatable bonds is 8. The number of aromatic nitrogens is 3. The van der Waals surface area contributed by atoms with Crippen molar-refractivity contribution in [2.24, 2.45) is 10.7 Å². The topological polar surface area (TPSA) is 168 Å². The van der Waals surface area contributed by atoms with Crippen LogP contribution in [0, 0.1) is 0 Å². The number of hydrogen-bond acceptors (Lipinski definition) is 15. The summed E-state index contributed by atoms with van der Waals surface area (Å²) in [7, 11) is 0. The maximum absolute atomic E-state index is 13.5. The lowest BCUT2D eigenvalue weighted by Gasteiger charge is -2.36. The average Bonchev–Trinajstić information content (AvgIpc) is 3.78. The van der Waals surface area contributed by atoms with E-state index in [2.05, 4.69) is 9.97 Å². The monoisotopic (exact) mass is 704 g/mol. The van der Waals surface area contributed by atoms with Gasteiger partial charge in [-0.15, -0.1) is 34.0 Å². The van der Waals surface area contributed by atoms with Gasteiger partial charge in [0.25, 0.3) is 0 Å². The van der Waals surface area contributed by atoms with E-state index in [9.17, 15) is 14.4 Å². The molecule has 2 N–H and O–H groups in total. The fourth-order valence-electron chi connectivity index (χ4n) is 5.64. The second-order valence-corrected chi connectivity index (χ2v) is 15.3. The van der Waals surface area contributed by atoms with Crippen LogP contribution in [0.15, 0.2) is 21.1 Å². The normalized spacial score (nSPS) is 24.1. The molecule has 0 radical (unpaired) electrons. The predicted octanol–water partition coefficient (Wildman–Crippen LogP) is 6.02. The van der Waals surface area contributed by atoms with Gasteiger partial charge in [-0.2, -0.15) is 0 Å². The summed E-state index contributed by atoms with van der Waals surface area (Å²) < 4.78 is 22.3. The van der Waals surface area contributed by atoms with Gasteiger partial charge in [0, 0.05) is 16.1 Å². The summed E-state index contributed by atoms with van der Waals surface area (Å²) in [6.45, 7) is 14.9. The Bertz CT molecular complexity index is 1670. The highest BCUT2D eigenvalue weighted by atomic mass is 32.1. The first-order valence-electron chi connectivity index (χ1n) is 15.3. The van der Waals surface area contributed by atoms with Crippen LogP contribution >= 0.6 is 34.0 Å². The first kappa shape index (κ1) is 35.0. The second-order valence-electron chi connectivity index (χ2n) is 12.7. The van der Waals surface area contributed by atoms with E-state index in [-0.39, 0.29) is 30.7 Å². The van der Waals surface area contributed by atoms with Gasteiger partial charge in [-0.05, 0) is 68.2 Å². The number of hydrogen-bond donors (Lipinski definition) is 1. The lowest BCUT2D eigenvalue weighted by atomic mass is 9.82. The molecule has 3 aromatic heterocycles. The first-order valence-corrected chi connectivity index (χ1v) is 18.0. The summed E-state index contributed by atoms with van der Waals surface area (Å²) >= 11 is 3.94. The number of amides is 1. The van der Waals surface area contributed by atoms with Gasteiger partial charge >= 0.3 is 18.0 Å². The number of ether oxygens (including phenoxy) is 4. The van der Waals surface area contributed by atoms with Crippen LogP contribution < -0.4 is 5.73 Å². The second kappa shape index (κ2) is 13.3. The quantitative estimate of drug-likeness (QED) is 0.215. The van der Waals surface area contributed by atoms with Crippen LogP contribution in [0.1, 0.15) is 122 Å². The summed E-state index contributed by atoms with van der Waals surface area (Å²) in [4.78, 5) is 59.1. The molecule has 0 bridgehead atoms. The van der Waals surface area contributed by atoms with Gasteiger partial charge in [0.1, 0.15) is 38.4 Å². The van der Waals surface area contributed by atoms with Crippen molar-refractivity contribution < 1.29 is 33.3 Å². The zero-order chi connectivity index (χ0) is 34.3. The van der Waals surface area contributed by atoms with Gasteiger partial charge < -0.3 is 24.7 Å². The van der Waals surface area contributed by atoms with Gasteiger partial charge in [0.2, 0.25) is 0 Å². The van der Waals surface area contributed by atoms with Crippen LogP contribution in [0.3, 0.4) is 0 Å². The third-order valence-electron chi connectivity index (χ3n) is 7.61. The maximum atomic E-state index is 13.5. The number of esters is 2. The predicted molar refractivity (Wildman–Crippen MR) is 178 cm³/mol. The van der Waals surface area contributed by atoms with E-state index in [1.54, 1.807) is 29.5 Å². The molecule has 16 heteroatoms. The first-order chi connectivity index (χ1) is 22.1. The Morgan fingerprint density at radius 2 is 1.64 bits per heavy atom. The minimum Gasteiger partial charge on any atom is -0.461 e. The van der Waals surface area contributed by atoms with E-state index < -0.39 is 47.0 Å². The molecule has 0 aromatic carbocycles. The lowest BCUT2D eigenvalue weighted by Crippen LogP contribution is -2.47. The molecule has 1 fully saturated rings. The molecule has 2 aliphatic rings. The van der Waals surface area contributed by atoms with Gasteiger partial charge in [-0.1, -0.05) is 0 Å². The van der Waals surface area contributed by atoms with Gasteiger partial charge in [0.15, 0.2) is 11.4 Å². The van der Waals surface area contributed by atoms with Gasteiger partial charge in [-0.25, -0.2) is 29.3 Å². The fourth-order valence-corrected chi connectivity index (χ4v) is 8.43.